The van der Waals surface area contributed by atoms with E-state index in [1.807, 2.05) is 62.4 Å². The Kier molecular flexibility index (Phi) is 4.64. The van der Waals surface area contributed by atoms with Crippen molar-refractivity contribution in [2.24, 2.45) is 0 Å². The van der Waals surface area contributed by atoms with Crippen LogP contribution in [0.2, 0.25) is 0 Å². The van der Waals surface area contributed by atoms with Crippen LogP contribution < -0.4 is 15.3 Å². The summed E-state index contributed by atoms with van der Waals surface area (Å²) in [6, 6.07) is 16.6. The second kappa shape index (κ2) is 6.25. The molecule has 1 unspecified atom stereocenters. The third kappa shape index (κ3) is 2.95. The van der Waals surface area contributed by atoms with Crippen molar-refractivity contribution in [2.75, 3.05) is 7.11 Å². The summed E-state index contributed by atoms with van der Waals surface area (Å²) >= 11 is 0. The normalized spacial score (nSPS) is 14.0. The van der Waals surface area contributed by atoms with E-state index in [0.29, 0.717) is 16.4 Å². The Hall–Kier alpha value is -1.57. The second-order valence-electron chi connectivity index (χ2n) is 4.70. The molecule has 0 spiro atoms. The minimum absolute atomic E-state index is 0.0113. The summed E-state index contributed by atoms with van der Waals surface area (Å²) in [5.74, 6) is 0.608. The molecule has 0 saturated carbocycles. The highest BCUT2D eigenvalue weighted by Crippen LogP contribution is 2.46. The highest BCUT2D eigenvalue weighted by molar-refractivity contribution is 7.74. The molecule has 106 valence electrons. The first-order chi connectivity index (χ1) is 9.58. The maximum atomic E-state index is 13.3. The number of benzene rings is 2. The van der Waals surface area contributed by atoms with Gasteiger partial charge in [0.1, 0.15) is 5.75 Å². The first-order valence-electron chi connectivity index (χ1n) is 6.55. The zero-order valence-electron chi connectivity index (χ0n) is 11.9. The molecule has 0 bridgehead atoms. The van der Waals surface area contributed by atoms with Gasteiger partial charge in [-0.15, -0.1) is 0 Å². The highest BCUT2D eigenvalue weighted by Gasteiger charge is 2.30. The van der Waals surface area contributed by atoms with Crippen LogP contribution in [-0.4, -0.2) is 13.2 Å². The van der Waals surface area contributed by atoms with Crippen molar-refractivity contribution in [3.8, 4) is 5.75 Å². The van der Waals surface area contributed by atoms with Crippen LogP contribution in [0.4, 0.5) is 0 Å². The van der Waals surface area contributed by atoms with Gasteiger partial charge in [-0.25, -0.2) is 0 Å². The van der Waals surface area contributed by atoms with Gasteiger partial charge in [-0.05, 0) is 38.1 Å². The summed E-state index contributed by atoms with van der Waals surface area (Å²) in [5, 5.41) is 1.27. The molecule has 0 fully saturated rings. The molecular formula is C16H19O3P. The molecular weight excluding hydrogens is 271 g/mol. The summed E-state index contributed by atoms with van der Waals surface area (Å²) in [6.07, 6.45) is 0.0113. The zero-order chi connectivity index (χ0) is 14.6. The zero-order valence-corrected chi connectivity index (χ0v) is 12.8. The van der Waals surface area contributed by atoms with Gasteiger partial charge in [-0.1, -0.05) is 30.3 Å². The second-order valence-corrected chi connectivity index (χ2v) is 7.17. The van der Waals surface area contributed by atoms with Gasteiger partial charge >= 0.3 is 0 Å². The van der Waals surface area contributed by atoms with Gasteiger partial charge in [0.15, 0.2) is 0 Å². The first-order valence-corrected chi connectivity index (χ1v) is 8.18. The number of ether oxygens (including phenoxy) is 1. The van der Waals surface area contributed by atoms with Gasteiger partial charge in [0.05, 0.1) is 11.4 Å². The van der Waals surface area contributed by atoms with E-state index in [1.54, 1.807) is 6.07 Å². The van der Waals surface area contributed by atoms with Crippen LogP contribution in [0.15, 0.2) is 54.6 Å². The minimum atomic E-state index is -3.12. The predicted octanol–water partition coefficient (Wildman–Crippen LogP) is 3.35. The van der Waals surface area contributed by atoms with E-state index in [-0.39, 0.29) is 6.10 Å². The van der Waals surface area contributed by atoms with E-state index in [1.165, 1.54) is 7.11 Å². The van der Waals surface area contributed by atoms with Crippen LogP contribution in [0.3, 0.4) is 0 Å². The molecule has 0 saturated heterocycles. The lowest BCUT2D eigenvalue weighted by Gasteiger charge is -2.21. The van der Waals surface area contributed by atoms with Crippen LogP contribution in [0.1, 0.15) is 13.8 Å². The van der Waals surface area contributed by atoms with Gasteiger partial charge in [0.2, 0.25) is 0 Å². The molecule has 0 N–H and O–H groups in total. The molecule has 0 aromatic heterocycles. The van der Waals surface area contributed by atoms with Gasteiger partial charge < -0.3 is 9.26 Å². The third-order valence-corrected chi connectivity index (χ3v) is 5.39. The molecule has 20 heavy (non-hydrogen) atoms. The van der Waals surface area contributed by atoms with Crippen molar-refractivity contribution in [3.05, 3.63) is 54.6 Å². The van der Waals surface area contributed by atoms with E-state index in [0.717, 1.165) is 0 Å². The van der Waals surface area contributed by atoms with Crippen LogP contribution >= 0.6 is 7.37 Å². The largest absolute Gasteiger partial charge is 0.490 e. The quantitative estimate of drug-likeness (QED) is 0.792. The number of para-hydroxylation sites is 1. The molecule has 0 aliphatic rings. The number of hydrogen-bond acceptors (Lipinski definition) is 3. The Morgan fingerprint density at radius 1 is 0.950 bits per heavy atom. The van der Waals surface area contributed by atoms with Crippen LogP contribution in [0, 0.1) is 0 Å². The molecule has 2 aromatic carbocycles. The van der Waals surface area contributed by atoms with Gasteiger partial charge in [-0.3, -0.25) is 4.57 Å². The van der Waals surface area contributed by atoms with Crippen molar-refractivity contribution in [3.63, 3.8) is 0 Å². The minimum Gasteiger partial charge on any atom is -0.490 e. The molecule has 0 radical (unpaired) electrons. The fourth-order valence-corrected chi connectivity index (χ4v) is 3.97. The van der Waals surface area contributed by atoms with E-state index in [2.05, 4.69) is 0 Å². The molecule has 3 nitrogen and oxygen atoms in total. The standard InChI is InChI=1S/C16H19O3P/c1-13(2)19-15-11-7-8-12-16(15)20(17,18-3)14-9-5-4-6-10-14/h4-13H,1-3H3. The van der Waals surface area contributed by atoms with E-state index in [4.69, 9.17) is 9.26 Å². The van der Waals surface area contributed by atoms with Gasteiger partial charge in [-0.2, -0.15) is 0 Å². The Labute approximate surface area is 120 Å². The summed E-state index contributed by atoms with van der Waals surface area (Å²) in [5.41, 5.74) is 0. The van der Waals surface area contributed by atoms with E-state index in [9.17, 15) is 4.57 Å². The van der Waals surface area contributed by atoms with E-state index < -0.39 is 7.37 Å². The van der Waals surface area contributed by atoms with Crippen LogP contribution in [0.25, 0.3) is 0 Å². The fraction of sp³-hybridized carbons (Fsp3) is 0.250. The third-order valence-electron chi connectivity index (χ3n) is 2.90. The topological polar surface area (TPSA) is 35.5 Å². The maximum absolute atomic E-state index is 13.3. The molecule has 1 atom stereocenters. The average Bonchev–Trinajstić information content (AvgIpc) is 2.47. The highest BCUT2D eigenvalue weighted by atomic mass is 31.2. The van der Waals surface area contributed by atoms with Crippen molar-refractivity contribution in [2.45, 2.75) is 20.0 Å². The fourth-order valence-electron chi connectivity index (χ4n) is 2.02. The summed E-state index contributed by atoms with van der Waals surface area (Å²) < 4.78 is 24.5. The summed E-state index contributed by atoms with van der Waals surface area (Å²) in [4.78, 5) is 0. The Morgan fingerprint density at radius 3 is 2.15 bits per heavy atom. The number of rotatable bonds is 5. The van der Waals surface area contributed by atoms with E-state index >= 15 is 0 Å². The molecule has 2 rings (SSSR count). The Morgan fingerprint density at radius 2 is 1.55 bits per heavy atom. The summed E-state index contributed by atoms with van der Waals surface area (Å²) in [7, 11) is -1.65. The van der Waals surface area contributed by atoms with Crippen molar-refractivity contribution < 1.29 is 13.8 Å². The monoisotopic (exact) mass is 290 g/mol. The molecule has 0 aliphatic heterocycles. The summed E-state index contributed by atoms with van der Waals surface area (Å²) in [6.45, 7) is 3.88. The van der Waals surface area contributed by atoms with Crippen molar-refractivity contribution in [1.82, 2.24) is 0 Å². The molecule has 0 aliphatic carbocycles. The Bertz CT molecular complexity index is 608. The predicted molar refractivity (Wildman–Crippen MR) is 82.5 cm³/mol. The smallest absolute Gasteiger partial charge is 0.264 e. The lowest BCUT2D eigenvalue weighted by Crippen LogP contribution is -2.21. The van der Waals surface area contributed by atoms with Crippen molar-refractivity contribution >= 4 is 18.0 Å². The lowest BCUT2D eigenvalue weighted by atomic mass is 10.3. The Balaban J connectivity index is 2.55. The molecule has 0 heterocycles. The van der Waals surface area contributed by atoms with Crippen LogP contribution in [0.5, 0.6) is 5.75 Å². The first kappa shape index (κ1) is 14.8. The van der Waals surface area contributed by atoms with Gasteiger partial charge in [0.25, 0.3) is 7.37 Å². The SMILES string of the molecule is COP(=O)(c1ccccc1)c1ccccc1OC(C)C. The molecule has 0 amide bonds. The average molecular weight is 290 g/mol. The maximum Gasteiger partial charge on any atom is 0.264 e. The van der Waals surface area contributed by atoms with Crippen LogP contribution in [-0.2, 0) is 9.09 Å². The lowest BCUT2D eigenvalue weighted by molar-refractivity contribution is 0.244. The molecule has 4 heteroatoms. The number of hydrogen-bond donors (Lipinski definition) is 0. The van der Waals surface area contributed by atoms with Gasteiger partial charge in [0, 0.05) is 12.4 Å². The van der Waals surface area contributed by atoms with Crippen molar-refractivity contribution in [1.29, 1.82) is 0 Å². The molecule has 2 aromatic rings.